The standard InChI is InChI=1S/C14H20BrIN2O/c1-4-7-18(9-8-17(2)3)14(19)12-10-11(16)5-6-13(12)15/h5-6,10H,4,7-9H2,1-3H3. The van der Waals surface area contributed by atoms with E-state index in [-0.39, 0.29) is 5.91 Å². The molecule has 0 unspecified atom stereocenters. The number of carbonyl (C=O) groups excluding carboxylic acids is 1. The molecule has 0 spiro atoms. The molecule has 106 valence electrons. The summed E-state index contributed by atoms with van der Waals surface area (Å²) in [5, 5.41) is 0. The van der Waals surface area contributed by atoms with E-state index in [1.807, 2.05) is 37.2 Å². The summed E-state index contributed by atoms with van der Waals surface area (Å²) in [5.74, 6) is 0.106. The molecule has 0 atom stereocenters. The monoisotopic (exact) mass is 438 g/mol. The van der Waals surface area contributed by atoms with Crippen LogP contribution >= 0.6 is 38.5 Å². The van der Waals surface area contributed by atoms with Crippen LogP contribution in [0.1, 0.15) is 23.7 Å². The Kier molecular flexibility index (Phi) is 7.31. The fourth-order valence-corrected chi connectivity index (χ4v) is 2.64. The highest BCUT2D eigenvalue weighted by Gasteiger charge is 2.17. The van der Waals surface area contributed by atoms with Gasteiger partial charge in [-0.05, 0) is 77.2 Å². The zero-order chi connectivity index (χ0) is 14.4. The average Bonchev–Trinajstić information content (AvgIpc) is 2.36. The minimum atomic E-state index is 0.106. The minimum Gasteiger partial charge on any atom is -0.337 e. The Morgan fingerprint density at radius 3 is 2.53 bits per heavy atom. The number of rotatable bonds is 6. The normalized spacial score (nSPS) is 10.8. The fourth-order valence-electron chi connectivity index (χ4n) is 1.74. The quantitative estimate of drug-likeness (QED) is 0.635. The summed E-state index contributed by atoms with van der Waals surface area (Å²) in [4.78, 5) is 16.6. The maximum absolute atomic E-state index is 12.6. The van der Waals surface area contributed by atoms with Gasteiger partial charge in [0.25, 0.3) is 5.91 Å². The second-order valence-electron chi connectivity index (χ2n) is 4.72. The number of amides is 1. The van der Waals surface area contributed by atoms with E-state index < -0.39 is 0 Å². The average molecular weight is 439 g/mol. The molecule has 1 rings (SSSR count). The summed E-state index contributed by atoms with van der Waals surface area (Å²) in [7, 11) is 4.05. The summed E-state index contributed by atoms with van der Waals surface area (Å²) < 4.78 is 1.94. The van der Waals surface area contributed by atoms with Gasteiger partial charge >= 0.3 is 0 Å². The molecule has 0 heterocycles. The van der Waals surface area contributed by atoms with Crippen molar-refractivity contribution >= 4 is 44.4 Å². The van der Waals surface area contributed by atoms with Gasteiger partial charge in [0.05, 0.1) is 5.56 Å². The molecule has 5 heteroatoms. The van der Waals surface area contributed by atoms with Gasteiger partial charge in [-0.3, -0.25) is 4.79 Å². The zero-order valence-electron chi connectivity index (χ0n) is 11.6. The Morgan fingerprint density at radius 1 is 1.26 bits per heavy atom. The number of carbonyl (C=O) groups is 1. The van der Waals surface area contributed by atoms with Crippen LogP contribution in [0.2, 0.25) is 0 Å². The summed E-state index contributed by atoms with van der Waals surface area (Å²) in [6.07, 6.45) is 0.973. The van der Waals surface area contributed by atoms with Crippen molar-refractivity contribution in [3.8, 4) is 0 Å². The van der Waals surface area contributed by atoms with Crippen molar-refractivity contribution in [2.45, 2.75) is 13.3 Å². The van der Waals surface area contributed by atoms with E-state index in [1.165, 1.54) is 0 Å². The molecular weight excluding hydrogens is 419 g/mol. The molecular formula is C14H20BrIN2O. The van der Waals surface area contributed by atoms with Gasteiger partial charge in [-0.2, -0.15) is 0 Å². The third kappa shape index (κ3) is 5.39. The van der Waals surface area contributed by atoms with E-state index in [0.717, 1.165) is 39.7 Å². The molecule has 0 aliphatic carbocycles. The van der Waals surface area contributed by atoms with Crippen molar-refractivity contribution in [1.29, 1.82) is 0 Å². The summed E-state index contributed by atoms with van der Waals surface area (Å²) in [6, 6.07) is 5.86. The van der Waals surface area contributed by atoms with E-state index in [2.05, 4.69) is 50.3 Å². The molecule has 1 aromatic rings. The van der Waals surface area contributed by atoms with Gasteiger partial charge in [0, 0.05) is 27.7 Å². The van der Waals surface area contributed by atoms with Gasteiger partial charge in [0.2, 0.25) is 0 Å². The Morgan fingerprint density at radius 2 is 1.95 bits per heavy atom. The summed E-state index contributed by atoms with van der Waals surface area (Å²) >= 11 is 5.70. The third-order valence-electron chi connectivity index (χ3n) is 2.76. The third-order valence-corrected chi connectivity index (χ3v) is 4.12. The van der Waals surface area contributed by atoms with Crippen molar-refractivity contribution in [1.82, 2.24) is 9.80 Å². The fraction of sp³-hybridized carbons (Fsp3) is 0.500. The van der Waals surface area contributed by atoms with Gasteiger partial charge in [0.15, 0.2) is 0 Å². The van der Waals surface area contributed by atoms with Crippen LogP contribution in [0.25, 0.3) is 0 Å². The molecule has 19 heavy (non-hydrogen) atoms. The Balaban J connectivity index is 2.88. The number of hydrogen-bond acceptors (Lipinski definition) is 2. The van der Waals surface area contributed by atoms with Crippen molar-refractivity contribution < 1.29 is 4.79 Å². The number of hydrogen-bond donors (Lipinski definition) is 0. The molecule has 0 aliphatic heterocycles. The topological polar surface area (TPSA) is 23.6 Å². The van der Waals surface area contributed by atoms with Crippen LogP contribution in [0.3, 0.4) is 0 Å². The smallest absolute Gasteiger partial charge is 0.255 e. The van der Waals surface area contributed by atoms with Crippen LogP contribution in [-0.2, 0) is 0 Å². The Labute approximate surface area is 137 Å². The lowest BCUT2D eigenvalue weighted by atomic mass is 10.2. The first kappa shape index (κ1) is 16.9. The van der Waals surface area contributed by atoms with Crippen LogP contribution in [0.4, 0.5) is 0 Å². The van der Waals surface area contributed by atoms with Crippen LogP contribution < -0.4 is 0 Å². The number of benzene rings is 1. The second-order valence-corrected chi connectivity index (χ2v) is 6.82. The van der Waals surface area contributed by atoms with Crippen LogP contribution in [0.5, 0.6) is 0 Å². The highest BCUT2D eigenvalue weighted by atomic mass is 127. The first-order chi connectivity index (χ1) is 8.95. The lowest BCUT2D eigenvalue weighted by molar-refractivity contribution is 0.0744. The molecule has 0 aromatic heterocycles. The Hall–Kier alpha value is -0.140. The van der Waals surface area contributed by atoms with Crippen LogP contribution in [-0.4, -0.2) is 49.4 Å². The van der Waals surface area contributed by atoms with Gasteiger partial charge in [-0.1, -0.05) is 6.92 Å². The van der Waals surface area contributed by atoms with E-state index in [0.29, 0.717) is 0 Å². The molecule has 1 amide bonds. The highest BCUT2D eigenvalue weighted by molar-refractivity contribution is 14.1. The van der Waals surface area contributed by atoms with Gasteiger partial charge in [-0.25, -0.2) is 0 Å². The molecule has 1 aromatic carbocycles. The second kappa shape index (κ2) is 8.21. The predicted molar refractivity (Wildman–Crippen MR) is 91.6 cm³/mol. The lowest BCUT2D eigenvalue weighted by Gasteiger charge is -2.24. The minimum absolute atomic E-state index is 0.106. The molecule has 0 radical (unpaired) electrons. The van der Waals surface area contributed by atoms with E-state index >= 15 is 0 Å². The van der Waals surface area contributed by atoms with Crippen molar-refractivity contribution in [3.63, 3.8) is 0 Å². The molecule has 0 N–H and O–H groups in total. The largest absolute Gasteiger partial charge is 0.337 e. The molecule has 0 fully saturated rings. The molecule has 3 nitrogen and oxygen atoms in total. The SMILES string of the molecule is CCCN(CCN(C)C)C(=O)c1cc(I)ccc1Br. The highest BCUT2D eigenvalue weighted by Crippen LogP contribution is 2.21. The van der Waals surface area contributed by atoms with E-state index in [1.54, 1.807) is 0 Å². The Bertz CT molecular complexity index is 437. The molecule has 0 bridgehead atoms. The van der Waals surface area contributed by atoms with Crippen molar-refractivity contribution in [2.75, 3.05) is 33.7 Å². The maximum atomic E-state index is 12.6. The van der Waals surface area contributed by atoms with Crippen molar-refractivity contribution in [2.24, 2.45) is 0 Å². The summed E-state index contributed by atoms with van der Waals surface area (Å²) in [5.41, 5.74) is 0.749. The number of halogens is 2. The van der Waals surface area contributed by atoms with Crippen LogP contribution in [0.15, 0.2) is 22.7 Å². The first-order valence-corrected chi connectivity index (χ1v) is 8.22. The number of nitrogens with zero attached hydrogens (tertiary/aromatic N) is 2. The zero-order valence-corrected chi connectivity index (χ0v) is 15.4. The van der Waals surface area contributed by atoms with Gasteiger partial charge < -0.3 is 9.80 Å². The predicted octanol–water partition coefficient (Wildman–Crippen LogP) is 3.47. The van der Waals surface area contributed by atoms with Crippen molar-refractivity contribution in [3.05, 3.63) is 31.8 Å². The first-order valence-electron chi connectivity index (χ1n) is 6.34. The van der Waals surface area contributed by atoms with Crippen LogP contribution in [0, 0.1) is 3.57 Å². The summed E-state index contributed by atoms with van der Waals surface area (Å²) in [6.45, 7) is 4.54. The van der Waals surface area contributed by atoms with Gasteiger partial charge in [0.1, 0.15) is 0 Å². The van der Waals surface area contributed by atoms with E-state index in [4.69, 9.17) is 0 Å². The lowest BCUT2D eigenvalue weighted by Crippen LogP contribution is -2.37. The molecule has 0 saturated heterocycles. The maximum Gasteiger partial charge on any atom is 0.255 e. The number of likely N-dealkylation sites (N-methyl/N-ethyl adjacent to an activating group) is 1. The van der Waals surface area contributed by atoms with Gasteiger partial charge in [-0.15, -0.1) is 0 Å². The molecule has 0 saturated carbocycles. The molecule has 0 aliphatic rings. The van der Waals surface area contributed by atoms with E-state index in [9.17, 15) is 4.79 Å².